The predicted octanol–water partition coefficient (Wildman–Crippen LogP) is -1.73. The summed E-state index contributed by atoms with van der Waals surface area (Å²) in [7, 11) is -17.7. The smallest absolute Gasteiger partial charge is 0.274 e. The largest absolute Gasteiger partial charge is 0.790 e. The number of phosphoric acid groups is 3. The Morgan fingerprint density at radius 1 is 0.918 bits per heavy atom. The van der Waals surface area contributed by atoms with Gasteiger partial charge in [-0.25, -0.2) is 19.3 Å². The lowest BCUT2D eigenvalue weighted by atomic mass is 9.87. The summed E-state index contributed by atoms with van der Waals surface area (Å²) in [6, 6.07) is 0. The molecule has 73 heavy (non-hydrogen) atoms. The number of imidazole rings is 1. The van der Waals surface area contributed by atoms with Crippen molar-refractivity contribution in [2.45, 2.75) is 159 Å². The third-order valence-corrected chi connectivity index (χ3v) is 15.5. The molecular weight excluding hydrogens is 1060 g/mol. The van der Waals surface area contributed by atoms with Crippen LogP contribution in [0, 0.1) is 5.41 Å². The number of hydrogen-bond acceptors (Lipinski definition) is 27. The van der Waals surface area contributed by atoms with Crippen LogP contribution in [0.3, 0.4) is 0 Å². The van der Waals surface area contributed by atoms with Gasteiger partial charge in [-0.05, 0) is 19.8 Å². The Bertz CT molecular complexity index is 2230. The molecule has 2 aromatic rings. The van der Waals surface area contributed by atoms with E-state index >= 15 is 0 Å². The number of hydrogen-bond donors (Lipinski definition) is 8. The fourth-order valence-corrected chi connectivity index (χ4v) is 10.9. The van der Waals surface area contributed by atoms with Gasteiger partial charge in [0.2, 0.25) is 11.8 Å². The highest BCUT2D eigenvalue weighted by Crippen LogP contribution is 2.56. The summed E-state index contributed by atoms with van der Waals surface area (Å²) in [4.78, 5) is 97.0. The standard InChI is InChI=1S/C40H70N7O22P3S/c1-24-26(49)19-27(50)39(66-24)63-16-11-9-7-5-4-6-8-10-12-25(48)18-30(52)73-17-15-42-29(51)13-14-43-37(55)34(54)40(2,3)21-65-72(61,62)69-71(59,60)64-20-28-33(68-70(56,57)58)32(53)38(67-28)47-23-46-31-35(41)44-22-45-36(31)47/h22-28,32-34,38-39,48-50,53-54H,4-21H2,1-3H3,(H,42,51)(H,43,55)(H,59,60)(H,61,62)(H2,41,44,45)(H2,56,57,58)/p-4/t24-,25+,26+,27+,28+,32+,33+,34-,38+,39+/m0/s1. The average Bonchev–Trinajstić information content (AvgIpc) is 3.86. The molecule has 2 aromatic heterocycles. The monoisotopic (exact) mass is 1120 g/mol. The second-order valence-electron chi connectivity index (χ2n) is 18.1. The molecule has 33 heteroatoms. The zero-order chi connectivity index (χ0) is 54.1. The SMILES string of the molecule is C[C@@H]1O[C@@H](OCCCCCCCCCC[C@@H](O)CC(=O)SCCNC(=O)CCNC(=O)[C@H](O)C(C)(C)COP(=O)([O-])OP(=O)([O-])OC[C@H]2O[C@@H](n3cnc4c(N)ncnc43)[C@H](O)[C@@H]2OP(=O)([O-])[O-])[C@H](O)C[C@H]1O. The molecule has 4 rings (SSSR count). The van der Waals surface area contributed by atoms with Crippen LogP contribution in [0.4, 0.5) is 5.82 Å². The first kappa shape index (κ1) is 62.9. The molecule has 4 heterocycles. The number of rotatable bonds is 33. The maximum Gasteiger partial charge on any atom is 0.274 e. The lowest BCUT2D eigenvalue weighted by molar-refractivity contribution is -0.347. The first-order chi connectivity index (χ1) is 34.2. The summed E-state index contributed by atoms with van der Waals surface area (Å²) < 4.78 is 71.9. The lowest BCUT2D eigenvalue weighted by Crippen LogP contribution is -2.47. The normalized spacial score (nSPS) is 25.2. The highest BCUT2D eigenvalue weighted by atomic mass is 32.2. The van der Waals surface area contributed by atoms with Crippen LogP contribution in [0.25, 0.3) is 11.2 Å². The van der Waals surface area contributed by atoms with Crippen molar-refractivity contribution in [2.75, 3.05) is 44.4 Å². The first-order valence-electron chi connectivity index (χ1n) is 23.5. The molecular formula is C40H66N7O22P3S-4. The molecule has 9 N–H and O–H groups in total. The van der Waals surface area contributed by atoms with Gasteiger partial charge in [0.1, 0.15) is 42.4 Å². The summed E-state index contributed by atoms with van der Waals surface area (Å²) in [6.45, 7) is 2.12. The summed E-state index contributed by atoms with van der Waals surface area (Å²) >= 11 is 0.955. The van der Waals surface area contributed by atoms with Gasteiger partial charge in [-0.2, -0.15) is 0 Å². The van der Waals surface area contributed by atoms with Crippen molar-refractivity contribution in [1.29, 1.82) is 0 Å². The minimum atomic E-state index is -5.94. The fourth-order valence-electron chi connectivity index (χ4n) is 7.46. The molecule has 2 unspecified atom stereocenters. The van der Waals surface area contributed by atoms with Crippen LogP contribution in [-0.4, -0.2) is 156 Å². The summed E-state index contributed by atoms with van der Waals surface area (Å²) in [5.74, 6) is -1.41. The van der Waals surface area contributed by atoms with Crippen LogP contribution in [0.2, 0.25) is 0 Å². The molecule has 0 saturated carbocycles. The van der Waals surface area contributed by atoms with Gasteiger partial charge in [-0.15, -0.1) is 0 Å². The van der Waals surface area contributed by atoms with Crippen LogP contribution in [0.15, 0.2) is 12.7 Å². The number of nitrogens with zero attached hydrogens (tertiary/aromatic N) is 4. The topological polar surface area (TPSA) is 454 Å². The minimum Gasteiger partial charge on any atom is -0.790 e. The number of nitrogens with one attached hydrogen (secondary N) is 2. The second kappa shape index (κ2) is 29.2. The van der Waals surface area contributed by atoms with Crippen molar-refractivity contribution in [3.05, 3.63) is 12.7 Å². The summed E-state index contributed by atoms with van der Waals surface area (Å²) in [6.07, 6.45) is -2.80. The van der Waals surface area contributed by atoms with Gasteiger partial charge in [0, 0.05) is 50.1 Å². The number of aromatic nitrogens is 4. The van der Waals surface area contributed by atoms with Gasteiger partial charge in [-0.1, -0.05) is 70.6 Å². The van der Waals surface area contributed by atoms with Crippen molar-refractivity contribution in [1.82, 2.24) is 30.2 Å². The number of fused-ring (bicyclic) bond motifs is 1. The number of ether oxygens (including phenoxy) is 3. The number of carbonyl (C=O) groups is 3. The van der Waals surface area contributed by atoms with Crippen molar-refractivity contribution in [3.63, 3.8) is 0 Å². The molecule has 0 aliphatic carbocycles. The number of thioether (sulfide) groups is 1. The van der Waals surface area contributed by atoms with Crippen molar-refractivity contribution < 1.29 is 105 Å². The van der Waals surface area contributed by atoms with Crippen LogP contribution >= 0.6 is 35.2 Å². The molecule has 29 nitrogen and oxygen atoms in total. The first-order valence-corrected chi connectivity index (χ1v) is 28.8. The number of amides is 2. The number of aliphatic hydroxyl groups excluding tert-OH is 5. The number of carbonyl (C=O) groups excluding carboxylic acids is 3. The molecule has 0 radical (unpaired) electrons. The number of nitrogen functional groups attached to an aromatic ring is 1. The van der Waals surface area contributed by atoms with Gasteiger partial charge in [-0.3, -0.25) is 28.1 Å². The Balaban J connectivity index is 1.04. The van der Waals surface area contributed by atoms with E-state index in [1.165, 1.54) is 13.8 Å². The molecule has 2 saturated heterocycles. The van der Waals surface area contributed by atoms with E-state index in [2.05, 4.69) is 43.5 Å². The van der Waals surface area contributed by atoms with Gasteiger partial charge in [0.25, 0.3) is 15.6 Å². The van der Waals surface area contributed by atoms with Crippen LogP contribution < -0.4 is 35.9 Å². The molecule has 12 atom stereocenters. The van der Waals surface area contributed by atoms with Crippen molar-refractivity contribution in [2.24, 2.45) is 5.41 Å². The van der Waals surface area contributed by atoms with Crippen LogP contribution in [-0.2, 0) is 60.2 Å². The second-order valence-corrected chi connectivity index (χ2v) is 23.3. The number of anilines is 1. The van der Waals surface area contributed by atoms with E-state index in [4.69, 9.17) is 19.9 Å². The molecule has 418 valence electrons. The molecule has 2 fully saturated rings. The maximum absolute atomic E-state index is 12.7. The molecule has 2 aliphatic rings. The highest BCUT2D eigenvalue weighted by molar-refractivity contribution is 8.13. The average molecular weight is 1120 g/mol. The van der Waals surface area contributed by atoms with E-state index in [1.807, 2.05) is 0 Å². The van der Waals surface area contributed by atoms with Gasteiger partial charge in [0.15, 0.2) is 29.1 Å². The lowest BCUT2D eigenvalue weighted by Gasteiger charge is -2.36. The third kappa shape index (κ3) is 21.4. The molecule has 0 bridgehead atoms. The summed E-state index contributed by atoms with van der Waals surface area (Å²) in [5, 5.41) is 56.1. The molecule has 0 spiro atoms. The van der Waals surface area contributed by atoms with Gasteiger partial charge < -0.3 is 93.8 Å². The number of nitrogens with two attached hydrogens (primary N) is 1. The molecule has 0 aromatic carbocycles. The fraction of sp³-hybridized carbons (Fsp3) is 0.800. The van der Waals surface area contributed by atoms with E-state index in [1.54, 1.807) is 6.92 Å². The zero-order valence-corrected chi connectivity index (χ0v) is 43.9. The van der Waals surface area contributed by atoms with E-state index in [-0.39, 0.29) is 66.3 Å². The Labute approximate surface area is 425 Å². The highest BCUT2D eigenvalue weighted by Gasteiger charge is 2.47. The predicted molar refractivity (Wildman–Crippen MR) is 247 cm³/mol. The molecule has 2 aliphatic heterocycles. The Morgan fingerprint density at radius 2 is 1.58 bits per heavy atom. The molecule has 2 amide bonds. The van der Waals surface area contributed by atoms with E-state index in [0.717, 1.165) is 80.4 Å². The van der Waals surface area contributed by atoms with E-state index < -0.39 is 109 Å². The Morgan fingerprint density at radius 3 is 2.26 bits per heavy atom. The van der Waals surface area contributed by atoms with Gasteiger partial charge >= 0.3 is 0 Å². The van der Waals surface area contributed by atoms with Crippen molar-refractivity contribution in [3.8, 4) is 0 Å². The number of unbranched alkanes of at least 4 members (excludes halogenated alkanes) is 7. The van der Waals surface area contributed by atoms with E-state index in [0.29, 0.717) is 13.0 Å². The Hall–Kier alpha value is -2.64. The van der Waals surface area contributed by atoms with Gasteiger partial charge in [0.05, 0.1) is 45.7 Å². The maximum atomic E-state index is 12.7. The van der Waals surface area contributed by atoms with E-state index in [9.17, 15) is 73.2 Å². The Kier molecular flexibility index (Phi) is 25.2. The quantitative estimate of drug-likeness (QED) is 0.0291. The third-order valence-electron chi connectivity index (χ3n) is 11.5. The number of phosphoric ester groups is 3. The van der Waals surface area contributed by atoms with Crippen molar-refractivity contribution >= 4 is 69.1 Å². The number of aliphatic hydroxyl groups is 5. The van der Waals surface area contributed by atoms with Crippen LogP contribution in [0.5, 0.6) is 0 Å². The minimum absolute atomic E-state index is 0.0308. The van der Waals surface area contributed by atoms with Crippen LogP contribution in [0.1, 0.15) is 104 Å². The zero-order valence-electron chi connectivity index (χ0n) is 40.4. The summed E-state index contributed by atoms with van der Waals surface area (Å²) in [5.41, 5.74) is 4.03.